The summed E-state index contributed by atoms with van der Waals surface area (Å²) < 4.78 is 1.50. The van der Waals surface area contributed by atoms with Crippen molar-refractivity contribution >= 4 is 34.8 Å². The SMILES string of the molecule is O=c1cc(-c2ccc(I)cc2)[nH]c(=S)[nH]1. The van der Waals surface area contributed by atoms with Crippen LogP contribution in [0.4, 0.5) is 0 Å². The largest absolute Gasteiger partial charge is 0.332 e. The number of halogens is 1. The van der Waals surface area contributed by atoms with Gasteiger partial charge in [-0.05, 0) is 52.5 Å². The third kappa shape index (κ3) is 2.54. The van der Waals surface area contributed by atoms with E-state index in [1.54, 1.807) is 0 Å². The molecule has 0 unspecified atom stereocenters. The zero-order chi connectivity index (χ0) is 10.8. The van der Waals surface area contributed by atoms with E-state index >= 15 is 0 Å². The Morgan fingerprint density at radius 2 is 1.80 bits per heavy atom. The summed E-state index contributed by atoms with van der Waals surface area (Å²) in [4.78, 5) is 16.6. The first-order valence-corrected chi connectivity index (χ1v) is 5.73. The number of rotatable bonds is 1. The maximum atomic E-state index is 11.2. The second-order valence-electron chi connectivity index (χ2n) is 3.01. The molecule has 0 bridgehead atoms. The topological polar surface area (TPSA) is 48.6 Å². The fourth-order valence-corrected chi connectivity index (χ4v) is 1.82. The molecule has 0 aliphatic carbocycles. The monoisotopic (exact) mass is 330 g/mol. The van der Waals surface area contributed by atoms with Crippen LogP contribution in [0.2, 0.25) is 0 Å². The first-order chi connectivity index (χ1) is 7.15. The third-order valence-corrected chi connectivity index (χ3v) is 2.84. The number of hydrogen-bond donors (Lipinski definition) is 2. The minimum Gasteiger partial charge on any atom is -0.332 e. The number of hydrogen-bond acceptors (Lipinski definition) is 2. The van der Waals surface area contributed by atoms with Gasteiger partial charge in [-0.1, -0.05) is 12.1 Å². The molecule has 2 rings (SSSR count). The van der Waals surface area contributed by atoms with Crippen LogP contribution in [0.3, 0.4) is 0 Å². The molecule has 0 radical (unpaired) electrons. The number of H-pyrrole nitrogens is 2. The van der Waals surface area contributed by atoms with Crippen LogP contribution in [0.15, 0.2) is 35.1 Å². The van der Waals surface area contributed by atoms with E-state index in [4.69, 9.17) is 12.2 Å². The van der Waals surface area contributed by atoms with E-state index < -0.39 is 0 Å². The van der Waals surface area contributed by atoms with Gasteiger partial charge in [0.05, 0.1) is 5.69 Å². The Morgan fingerprint density at radius 1 is 1.13 bits per heavy atom. The van der Waals surface area contributed by atoms with Gasteiger partial charge in [0.25, 0.3) is 5.56 Å². The normalized spacial score (nSPS) is 10.2. The standard InChI is InChI=1S/C10H7IN2OS/c11-7-3-1-6(2-4-7)8-5-9(14)13-10(15)12-8/h1-5H,(H2,12,13,14,15). The minimum atomic E-state index is -0.188. The zero-order valence-electron chi connectivity index (χ0n) is 7.58. The Hall–Kier alpha value is -0.950. The van der Waals surface area contributed by atoms with E-state index in [0.717, 1.165) is 14.8 Å². The van der Waals surface area contributed by atoms with E-state index in [1.807, 2.05) is 24.3 Å². The van der Waals surface area contributed by atoms with Gasteiger partial charge >= 0.3 is 0 Å². The summed E-state index contributed by atoms with van der Waals surface area (Å²) in [5.74, 6) is 0. The van der Waals surface area contributed by atoms with Crippen molar-refractivity contribution in [2.45, 2.75) is 0 Å². The van der Waals surface area contributed by atoms with Gasteiger partial charge in [-0.2, -0.15) is 0 Å². The second kappa shape index (κ2) is 4.28. The molecular formula is C10H7IN2OS. The van der Waals surface area contributed by atoms with E-state index in [9.17, 15) is 4.79 Å². The highest BCUT2D eigenvalue weighted by Crippen LogP contribution is 2.16. The smallest absolute Gasteiger partial charge is 0.252 e. The van der Waals surface area contributed by atoms with E-state index in [1.165, 1.54) is 6.07 Å². The lowest BCUT2D eigenvalue weighted by atomic mass is 10.1. The van der Waals surface area contributed by atoms with Crippen molar-refractivity contribution in [3.05, 3.63) is 49.0 Å². The maximum Gasteiger partial charge on any atom is 0.252 e. The summed E-state index contributed by atoms with van der Waals surface area (Å²) in [6.45, 7) is 0. The molecule has 0 atom stereocenters. The Labute approximate surface area is 105 Å². The molecule has 1 aromatic carbocycles. The predicted octanol–water partition coefficient (Wildman–Crippen LogP) is 2.70. The average Bonchev–Trinajstić information content (AvgIpc) is 2.17. The van der Waals surface area contributed by atoms with Crippen LogP contribution in [0.25, 0.3) is 11.3 Å². The van der Waals surface area contributed by atoms with Crippen LogP contribution in [-0.4, -0.2) is 9.97 Å². The molecule has 1 aromatic heterocycles. The third-order valence-electron chi connectivity index (χ3n) is 1.92. The van der Waals surface area contributed by atoms with Gasteiger partial charge in [0.15, 0.2) is 4.77 Å². The summed E-state index contributed by atoms with van der Waals surface area (Å²) in [6.07, 6.45) is 0. The van der Waals surface area contributed by atoms with E-state index in [-0.39, 0.29) is 5.56 Å². The first-order valence-electron chi connectivity index (χ1n) is 4.25. The highest BCUT2D eigenvalue weighted by Gasteiger charge is 1.98. The Bertz CT molecular complexity index is 557. The van der Waals surface area contributed by atoms with Crippen LogP contribution in [-0.2, 0) is 0 Å². The first kappa shape index (κ1) is 10.6. The van der Waals surface area contributed by atoms with Crippen molar-refractivity contribution in [1.29, 1.82) is 0 Å². The van der Waals surface area contributed by atoms with Gasteiger partial charge in [-0.3, -0.25) is 9.78 Å². The molecule has 3 nitrogen and oxygen atoms in total. The van der Waals surface area contributed by atoms with Gasteiger partial charge in [0.1, 0.15) is 0 Å². The van der Waals surface area contributed by atoms with Gasteiger partial charge in [0.2, 0.25) is 0 Å². The number of aromatic amines is 2. The molecule has 0 saturated heterocycles. The summed E-state index contributed by atoms with van der Waals surface area (Å²) >= 11 is 7.13. The van der Waals surface area contributed by atoms with E-state index in [2.05, 4.69) is 32.6 Å². The minimum absolute atomic E-state index is 0.188. The molecule has 5 heteroatoms. The van der Waals surface area contributed by atoms with Gasteiger partial charge < -0.3 is 4.98 Å². The second-order valence-corrected chi connectivity index (χ2v) is 4.66. The van der Waals surface area contributed by atoms with Crippen molar-refractivity contribution in [2.24, 2.45) is 0 Å². The molecule has 1 heterocycles. The molecule has 2 aromatic rings. The van der Waals surface area contributed by atoms with Crippen molar-refractivity contribution in [2.75, 3.05) is 0 Å². The molecule has 0 spiro atoms. The molecule has 15 heavy (non-hydrogen) atoms. The van der Waals surface area contributed by atoms with Crippen LogP contribution in [0.5, 0.6) is 0 Å². The number of nitrogens with one attached hydrogen (secondary N) is 2. The highest BCUT2D eigenvalue weighted by atomic mass is 127. The fourth-order valence-electron chi connectivity index (χ4n) is 1.25. The van der Waals surface area contributed by atoms with Gasteiger partial charge in [0, 0.05) is 9.64 Å². The number of benzene rings is 1. The molecule has 76 valence electrons. The van der Waals surface area contributed by atoms with Crippen molar-refractivity contribution in [1.82, 2.24) is 9.97 Å². The van der Waals surface area contributed by atoms with Crippen LogP contribution in [0.1, 0.15) is 0 Å². The lowest BCUT2D eigenvalue weighted by Gasteiger charge is -2.00. The molecule has 0 saturated carbocycles. The van der Waals surface area contributed by atoms with Gasteiger partial charge in [-0.15, -0.1) is 0 Å². The van der Waals surface area contributed by atoms with Crippen molar-refractivity contribution in [3.8, 4) is 11.3 Å². The fraction of sp³-hybridized carbons (Fsp3) is 0. The Kier molecular flexibility index (Phi) is 3.01. The molecule has 0 amide bonds. The van der Waals surface area contributed by atoms with Crippen molar-refractivity contribution in [3.63, 3.8) is 0 Å². The van der Waals surface area contributed by atoms with Crippen LogP contribution < -0.4 is 5.56 Å². The maximum absolute atomic E-state index is 11.2. The lowest BCUT2D eigenvalue weighted by molar-refractivity contribution is 1.09. The number of aromatic nitrogens is 2. The molecule has 0 fully saturated rings. The lowest BCUT2D eigenvalue weighted by Crippen LogP contribution is -2.06. The Morgan fingerprint density at radius 3 is 2.40 bits per heavy atom. The summed E-state index contributed by atoms with van der Waals surface area (Å²) in [5.41, 5.74) is 1.50. The average molecular weight is 330 g/mol. The quantitative estimate of drug-likeness (QED) is 0.624. The molecule has 0 aliphatic rings. The summed E-state index contributed by atoms with van der Waals surface area (Å²) in [7, 11) is 0. The summed E-state index contributed by atoms with van der Waals surface area (Å²) in [6, 6.07) is 9.35. The molecule has 2 N–H and O–H groups in total. The van der Waals surface area contributed by atoms with Crippen LogP contribution >= 0.6 is 34.8 Å². The van der Waals surface area contributed by atoms with Crippen LogP contribution in [0, 0.1) is 8.34 Å². The molecular weight excluding hydrogens is 323 g/mol. The zero-order valence-corrected chi connectivity index (χ0v) is 10.6. The predicted molar refractivity (Wildman–Crippen MR) is 70.4 cm³/mol. The van der Waals surface area contributed by atoms with E-state index in [0.29, 0.717) is 4.77 Å². The van der Waals surface area contributed by atoms with Gasteiger partial charge in [-0.25, -0.2) is 0 Å². The Balaban J connectivity index is 2.59. The summed E-state index contributed by atoms with van der Waals surface area (Å²) in [5, 5.41) is 0. The molecule has 0 aliphatic heterocycles. The highest BCUT2D eigenvalue weighted by molar-refractivity contribution is 14.1. The van der Waals surface area contributed by atoms with Crippen molar-refractivity contribution < 1.29 is 0 Å².